The van der Waals surface area contributed by atoms with Crippen molar-refractivity contribution in [1.29, 1.82) is 0 Å². The fraction of sp³-hybridized carbons (Fsp3) is 0.667. The van der Waals surface area contributed by atoms with Crippen molar-refractivity contribution in [2.45, 2.75) is 36.7 Å². The molecule has 0 saturated carbocycles. The van der Waals surface area contributed by atoms with Crippen molar-refractivity contribution in [2.75, 3.05) is 26.2 Å². The van der Waals surface area contributed by atoms with Crippen LogP contribution in [0.5, 0.6) is 0 Å². The summed E-state index contributed by atoms with van der Waals surface area (Å²) in [6.07, 6.45) is 5.31. The highest BCUT2D eigenvalue weighted by Gasteiger charge is 2.29. The zero-order chi connectivity index (χ0) is 16.4. The molecule has 1 amide bonds. The van der Waals surface area contributed by atoms with Gasteiger partial charge in [0.15, 0.2) is 0 Å². The first kappa shape index (κ1) is 16.5. The van der Waals surface area contributed by atoms with E-state index in [9.17, 15) is 13.2 Å². The van der Waals surface area contributed by atoms with E-state index in [1.54, 1.807) is 11.6 Å². The van der Waals surface area contributed by atoms with Gasteiger partial charge < -0.3 is 14.6 Å². The number of rotatable bonds is 5. The molecular formula is C15H23N3O4S. The molecule has 1 aromatic heterocycles. The maximum absolute atomic E-state index is 12.6. The van der Waals surface area contributed by atoms with Crippen molar-refractivity contribution in [3.8, 4) is 0 Å². The monoisotopic (exact) mass is 341 g/mol. The number of amides is 1. The third-order valence-corrected chi connectivity index (χ3v) is 6.29. The Labute approximate surface area is 136 Å². The smallest absolute Gasteiger partial charge is 0.268 e. The molecule has 0 radical (unpaired) electrons. The third-order valence-electron chi connectivity index (χ3n) is 4.43. The predicted molar refractivity (Wildman–Crippen MR) is 84.7 cm³/mol. The van der Waals surface area contributed by atoms with Crippen LogP contribution in [0.2, 0.25) is 0 Å². The van der Waals surface area contributed by atoms with Gasteiger partial charge in [-0.1, -0.05) is 0 Å². The van der Waals surface area contributed by atoms with Gasteiger partial charge in [-0.3, -0.25) is 4.79 Å². The Morgan fingerprint density at radius 3 is 2.74 bits per heavy atom. The van der Waals surface area contributed by atoms with Crippen LogP contribution in [0.4, 0.5) is 0 Å². The Kier molecular flexibility index (Phi) is 4.74. The minimum absolute atomic E-state index is 0.0621. The molecule has 0 aliphatic carbocycles. The molecule has 2 aliphatic rings. The summed E-state index contributed by atoms with van der Waals surface area (Å²) in [6, 6.07) is 1.46. The van der Waals surface area contributed by atoms with Gasteiger partial charge in [0.05, 0.1) is 6.10 Å². The Morgan fingerprint density at radius 2 is 2.09 bits per heavy atom. The molecule has 3 heterocycles. The van der Waals surface area contributed by atoms with Crippen LogP contribution in [-0.4, -0.2) is 55.5 Å². The fourth-order valence-electron chi connectivity index (χ4n) is 3.08. The van der Waals surface area contributed by atoms with Crippen LogP contribution >= 0.6 is 0 Å². The molecule has 23 heavy (non-hydrogen) atoms. The lowest BCUT2D eigenvalue weighted by molar-refractivity contribution is 0.0851. The molecule has 1 atom stereocenters. The highest BCUT2D eigenvalue weighted by Crippen LogP contribution is 2.22. The van der Waals surface area contributed by atoms with Gasteiger partial charge in [-0.25, -0.2) is 8.42 Å². The number of nitrogens with zero attached hydrogens (tertiary/aromatic N) is 2. The fourth-order valence-corrected chi connectivity index (χ4v) is 4.67. The van der Waals surface area contributed by atoms with E-state index in [2.05, 4.69) is 5.32 Å². The molecule has 3 rings (SSSR count). The highest BCUT2D eigenvalue weighted by molar-refractivity contribution is 7.89. The number of nitrogens with one attached hydrogen (secondary N) is 1. The Hall–Kier alpha value is -1.38. The lowest BCUT2D eigenvalue weighted by Crippen LogP contribution is -2.32. The predicted octanol–water partition coefficient (Wildman–Crippen LogP) is 0.718. The number of hydrogen-bond acceptors (Lipinski definition) is 4. The number of aryl methyl sites for hydroxylation is 1. The zero-order valence-corrected chi connectivity index (χ0v) is 14.1. The van der Waals surface area contributed by atoms with Crippen molar-refractivity contribution in [3.05, 3.63) is 18.0 Å². The maximum atomic E-state index is 12.6. The second kappa shape index (κ2) is 6.62. The standard InChI is InChI=1S/C15H23N3O4S/c1-17-11-13(23(20,21)18-6-2-3-7-18)9-14(17)15(19)16-10-12-5-4-8-22-12/h9,11-12H,2-8,10H2,1H3,(H,16,19). The summed E-state index contributed by atoms with van der Waals surface area (Å²) in [5, 5.41) is 2.82. The molecular weight excluding hydrogens is 318 g/mol. The summed E-state index contributed by atoms with van der Waals surface area (Å²) >= 11 is 0. The number of ether oxygens (including phenoxy) is 1. The summed E-state index contributed by atoms with van der Waals surface area (Å²) in [5.74, 6) is -0.272. The van der Waals surface area contributed by atoms with E-state index in [0.29, 0.717) is 25.3 Å². The van der Waals surface area contributed by atoms with Gasteiger partial charge in [0.25, 0.3) is 5.91 Å². The van der Waals surface area contributed by atoms with Crippen LogP contribution in [0, 0.1) is 0 Å². The van der Waals surface area contributed by atoms with Crippen molar-refractivity contribution < 1.29 is 17.9 Å². The zero-order valence-electron chi connectivity index (χ0n) is 13.3. The number of carbonyl (C=O) groups excluding carboxylic acids is 1. The molecule has 0 bridgehead atoms. The van der Waals surface area contributed by atoms with Crippen molar-refractivity contribution in [2.24, 2.45) is 7.05 Å². The quantitative estimate of drug-likeness (QED) is 0.856. The van der Waals surface area contributed by atoms with E-state index in [1.807, 2.05) is 0 Å². The van der Waals surface area contributed by atoms with Crippen LogP contribution in [-0.2, 0) is 21.8 Å². The van der Waals surface area contributed by atoms with E-state index in [-0.39, 0.29) is 16.9 Å². The number of sulfonamides is 1. The average molecular weight is 341 g/mol. The van der Waals surface area contributed by atoms with Crippen LogP contribution in [0.15, 0.2) is 17.2 Å². The first-order valence-electron chi connectivity index (χ1n) is 8.05. The average Bonchev–Trinajstić information content (AvgIpc) is 3.25. The minimum atomic E-state index is -3.50. The number of hydrogen-bond donors (Lipinski definition) is 1. The molecule has 2 aliphatic heterocycles. The molecule has 0 spiro atoms. The Morgan fingerprint density at radius 1 is 1.35 bits per heavy atom. The molecule has 0 aromatic carbocycles. The molecule has 7 nitrogen and oxygen atoms in total. The van der Waals surface area contributed by atoms with Crippen LogP contribution in [0.3, 0.4) is 0 Å². The summed E-state index contributed by atoms with van der Waals surface area (Å²) in [6.45, 7) is 2.30. The van der Waals surface area contributed by atoms with Gasteiger partial charge in [-0.2, -0.15) is 4.31 Å². The van der Waals surface area contributed by atoms with Gasteiger partial charge in [-0.15, -0.1) is 0 Å². The third kappa shape index (κ3) is 3.44. The summed E-state index contributed by atoms with van der Waals surface area (Å²) < 4.78 is 33.6. The molecule has 8 heteroatoms. The first-order chi connectivity index (χ1) is 11.0. The Bertz CT molecular complexity index is 671. The van der Waals surface area contributed by atoms with Gasteiger partial charge in [0, 0.05) is 39.5 Å². The van der Waals surface area contributed by atoms with E-state index in [4.69, 9.17) is 4.74 Å². The van der Waals surface area contributed by atoms with Gasteiger partial charge >= 0.3 is 0 Å². The topological polar surface area (TPSA) is 80.6 Å². The van der Waals surface area contributed by atoms with E-state index < -0.39 is 10.0 Å². The SMILES string of the molecule is Cn1cc(S(=O)(=O)N2CCCC2)cc1C(=O)NCC1CCCO1. The van der Waals surface area contributed by atoms with Gasteiger partial charge in [0.1, 0.15) is 10.6 Å². The van der Waals surface area contributed by atoms with Gasteiger partial charge in [-0.05, 0) is 31.7 Å². The molecule has 1 aromatic rings. The lowest BCUT2D eigenvalue weighted by atomic mass is 10.2. The summed E-state index contributed by atoms with van der Waals surface area (Å²) in [7, 11) is -1.81. The highest BCUT2D eigenvalue weighted by atomic mass is 32.2. The number of aromatic nitrogens is 1. The second-order valence-corrected chi connectivity index (χ2v) is 8.07. The van der Waals surface area contributed by atoms with Gasteiger partial charge in [0.2, 0.25) is 10.0 Å². The molecule has 2 fully saturated rings. The molecule has 1 N–H and O–H groups in total. The minimum Gasteiger partial charge on any atom is -0.376 e. The van der Waals surface area contributed by atoms with Crippen molar-refractivity contribution in [1.82, 2.24) is 14.2 Å². The van der Waals surface area contributed by atoms with E-state index >= 15 is 0 Å². The first-order valence-corrected chi connectivity index (χ1v) is 9.49. The molecule has 1 unspecified atom stereocenters. The van der Waals surface area contributed by atoms with E-state index in [1.165, 1.54) is 16.6 Å². The molecule has 2 saturated heterocycles. The Balaban J connectivity index is 1.71. The van der Waals surface area contributed by atoms with Crippen LogP contribution < -0.4 is 5.32 Å². The van der Waals surface area contributed by atoms with Crippen molar-refractivity contribution >= 4 is 15.9 Å². The lowest BCUT2D eigenvalue weighted by Gasteiger charge is -2.13. The van der Waals surface area contributed by atoms with Crippen molar-refractivity contribution in [3.63, 3.8) is 0 Å². The summed E-state index contributed by atoms with van der Waals surface area (Å²) in [4.78, 5) is 12.5. The second-order valence-electron chi connectivity index (χ2n) is 6.13. The van der Waals surface area contributed by atoms with E-state index in [0.717, 1.165) is 32.3 Å². The maximum Gasteiger partial charge on any atom is 0.268 e. The summed E-state index contributed by atoms with van der Waals surface area (Å²) in [5.41, 5.74) is 0.348. The van der Waals surface area contributed by atoms with Crippen LogP contribution in [0.25, 0.3) is 0 Å². The van der Waals surface area contributed by atoms with Crippen LogP contribution in [0.1, 0.15) is 36.2 Å². The normalized spacial score (nSPS) is 22.6. The number of carbonyl (C=O) groups is 1. The molecule has 128 valence electrons. The largest absolute Gasteiger partial charge is 0.376 e.